The summed E-state index contributed by atoms with van der Waals surface area (Å²) in [4.78, 5) is 30.9. The molecule has 2 aromatic heterocycles. The lowest BCUT2D eigenvalue weighted by Gasteiger charge is -2.04. The van der Waals surface area contributed by atoms with E-state index < -0.39 is 5.97 Å². The molecule has 0 radical (unpaired) electrons. The first-order chi connectivity index (χ1) is 11.1. The van der Waals surface area contributed by atoms with Gasteiger partial charge in [-0.2, -0.15) is 0 Å². The predicted octanol–water partition coefficient (Wildman–Crippen LogP) is 3.91. The number of para-hydroxylation sites is 1. The minimum absolute atomic E-state index is 0.0954. The molecule has 0 spiro atoms. The Balaban J connectivity index is 1.71. The molecule has 0 amide bonds. The molecule has 0 saturated heterocycles. The van der Waals surface area contributed by atoms with E-state index in [0.717, 1.165) is 10.9 Å². The van der Waals surface area contributed by atoms with Crippen LogP contribution in [0.3, 0.4) is 0 Å². The number of ketones is 1. The number of rotatable bonds is 4. The van der Waals surface area contributed by atoms with Crippen molar-refractivity contribution in [1.82, 2.24) is 9.97 Å². The Morgan fingerprint density at radius 3 is 2.78 bits per heavy atom. The van der Waals surface area contributed by atoms with Crippen molar-refractivity contribution < 1.29 is 14.3 Å². The molecular weight excluding hydrogens is 339 g/mol. The largest absolute Gasteiger partial charge is 0.454 e. The van der Waals surface area contributed by atoms with Gasteiger partial charge in [-0.1, -0.05) is 41.4 Å². The van der Waals surface area contributed by atoms with Crippen molar-refractivity contribution in [2.75, 3.05) is 6.61 Å². The second kappa shape index (κ2) is 6.40. The Kier molecular flexibility index (Phi) is 4.32. The van der Waals surface area contributed by atoms with Gasteiger partial charge in [0.1, 0.15) is 5.15 Å². The van der Waals surface area contributed by atoms with Gasteiger partial charge in [-0.15, -0.1) is 0 Å². The standard InChI is InChI=1S/C16H10Cl2N2O3/c17-12-5-9(6-20-15(12)18)16(22)23-8-14(21)11-7-19-13-4-2-1-3-10(11)13/h1-7,19H,8H2. The lowest BCUT2D eigenvalue weighted by atomic mass is 10.1. The highest BCUT2D eigenvalue weighted by molar-refractivity contribution is 6.41. The summed E-state index contributed by atoms with van der Waals surface area (Å²) >= 11 is 11.5. The van der Waals surface area contributed by atoms with Gasteiger partial charge >= 0.3 is 5.97 Å². The third kappa shape index (κ3) is 3.21. The maximum Gasteiger partial charge on any atom is 0.340 e. The Hall–Kier alpha value is -2.37. The average molecular weight is 349 g/mol. The average Bonchev–Trinajstić information content (AvgIpc) is 2.99. The molecule has 0 atom stereocenters. The highest BCUT2D eigenvalue weighted by Gasteiger charge is 2.16. The lowest BCUT2D eigenvalue weighted by Crippen LogP contribution is -2.14. The first-order valence-corrected chi connectivity index (χ1v) is 7.39. The van der Waals surface area contributed by atoms with Crippen LogP contribution in [-0.4, -0.2) is 28.3 Å². The summed E-state index contributed by atoms with van der Waals surface area (Å²) < 4.78 is 5.01. The van der Waals surface area contributed by atoms with Gasteiger partial charge in [-0.25, -0.2) is 9.78 Å². The van der Waals surface area contributed by atoms with E-state index in [1.165, 1.54) is 12.3 Å². The highest BCUT2D eigenvalue weighted by atomic mass is 35.5. The van der Waals surface area contributed by atoms with E-state index in [1.807, 2.05) is 24.3 Å². The monoisotopic (exact) mass is 348 g/mol. The van der Waals surface area contributed by atoms with E-state index in [4.69, 9.17) is 27.9 Å². The number of fused-ring (bicyclic) bond motifs is 1. The minimum atomic E-state index is -0.691. The van der Waals surface area contributed by atoms with Gasteiger partial charge in [0.15, 0.2) is 6.61 Å². The quantitative estimate of drug-likeness (QED) is 0.440. The fourth-order valence-corrected chi connectivity index (χ4v) is 2.40. The molecule has 3 aromatic rings. The van der Waals surface area contributed by atoms with Crippen LogP contribution in [0.25, 0.3) is 10.9 Å². The smallest absolute Gasteiger partial charge is 0.340 e. The molecule has 0 aliphatic carbocycles. The second-order valence-electron chi connectivity index (χ2n) is 4.74. The third-order valence-corrected chi connectivity index (χ3v) is 3.94. The number of pyridine rings is 1. The van der Waals surface area contributed by atoms with E-state index in [2.05, 4.69) is 9.97 Å². The molecule has 2 heterocycles. The highest BCUT2D eigenvalue weighted by Crippen LogP contribution is 2.21. The van der Waals surface area contributed by atoms with Crippen LogP contribution in [0, 0.1) is 0 Å². The van der Waals surface area contributed by atoms with Crippen molar-refractivity contribution >= 4 is 45.9 Å². The van der Waals surface area contributed by atoms with Gasteiger partial charge in [-0.3, -0.25) is 4.79 Å². The number of nitrogens with zero attached hydrogens (tertiary/aromatic N) is 1. The molecule has 3 rings (SSSR count). The molecule has 0 fully saturated rings. The zero-order valence-electron chi connectivity index (χ0n) is 11.7. The molecule has 0 aliphatic heterocycles. The molecule has 1 aromatic carbocycles. The molecule has 116 valence electrons. The molecule has 0 unspecified atom stereocenters. The number of Topliss-reactive ketones (excluding diaryl/α,β-unsaturated/α-hetero) is 1. The number of aromatic amines is 1. The van der Waals surface area contributed by atoms with Crippen molar-refractivity contribution in [2.45, 2.75) is 0 Å². The first-order valence-electron chi connectivity index (χ1n) is 6.64. The number of ether oxygens (including phenoxy) is 1. The Bertz CT molecular complexity index is 905. The van der Waals surface area contributed by atoms with Crippen molar-refractivity contribution in [3.63, 3.8) is 0 Å². The number of H-pyrrole nitrogens is 1. The fourth-order valence-electron chi connectivity index (χ4n) is 2.13. The Labute approximate surface area is 141 Å². The zero-order chi connectivity index (χ0) is 16.4. The topological polar surface area (TPSA) is 72.1 Å². The number of benzene rings is 1. The maximum absolute atomic E-state index is 12.2. The first kappa shape index (κ1) is 15.5. The van der Waals surface area contributed by atoms with Gasteiger partial charge in [0, 0.05) is 28.9 Å². The molecular formula is C16H10Cl2N2O3. The van der Waals surface area contributed by atoms with Crippen LogP contribution in [0.1, 0.15) is 20.7 Å². The van der Waals surface area contributed by atoms with Gasteiger partial charge in [-0.05, 0) is 12.1 Å². The van der Waals surface area contributed by atoms with Gasteiger partial charge < -0.3 is 9.72 Å². The number of nitrogens with one attached hydrogen (secondary N) is 1. The summed E-state index contributed by atoms with van der Waals surface area (Å²) in [5.74, 6) is -0.993. The summed E-state index contributed by atoms with van der Waals surface area (Å²) in [6.07, 6.45) is 2.84. The van der Waals surface area contributed by atoms with Gasteiger partial charge in [0.2, 0.25) is 5.78 Å². The van der Waals surface area contributed by atoms with E-state index in [9.17, 15) is 9.59 Å². The van der Waals surface area contributed by atoms with Crippen LogP contribution in [-0.2, 0) is 4.74 Å². The summed E-state index contributed by atoms with van der Waals surface area (Å²) in [5.41, 5.74) is 1.45. The van der Waals surface area contributed by atoms with E-state index in [0.29, 0.717) is 5.56 Å². The molecule has 5 nitrogen and oxygen atoms in total. The number of hydrogen-bond acceptors (Lipinski definition) is 4. The van der Waals surface area contributed by atoms with Crippen LogP contribution >= 0.6 is 23.2 Å². The van der Waals surface area contributed by atoms with Crippen molar-refractivity contribution in [3.8, 4) is 0 Å². The van der Waals surface area contributed by atoms with Crippen LogP contribution in [0.15, 0.2) is 42.7 Å². The van der Waals surface area contributed by atoms with Crippen molar-refractivity contribution in [2.24, 2.45) is 0 Å². The Morgan fingerprint density at radius 2 is 2.00 bits per heavy atom. The molecule has 0 saturated carbocycles. The number of carbonyl (C=O) groups excluding carboxylic acids is 2. The SMILES string of the molecule is O=C(OCC(=O)c1c[nH]c2ccccc12)c1cnc(Cl)c(Cl)c1. The van der Waals surface area contributed by atoms with Crippen LogP contribution in [0.2, 0.25) is 10.2 Å². The molecule has 7 heteroatoms. The predicted molar refractivity (Wildman–Crippen MR) is 87.2 cm³/mol. The van der Waals surface area contributed by atoms with Crippen LogP contribution in [0.5, 0.6) is 0 Å². The van der Waals surface area contributed by atoms with E-state index in [-0.39, 0.29) is 28.1 Å². The number of aromatic nitrogens is 2. The summed E-state index contributed by atoms with van der Waals surface area (Å²) in [7, 11) is 0. The normalized spacial score (nSPS) is 10.7. The molecule has 1 N–H and O–H groups in total. The van der Waals surface area contributed by atoms with Crippen LogP contribution in [0.4, 0.5) is 0 Å². The summed E-state index contributed by atoms with van der Waals surface area (Å²) in [6, 6.07) is 8.73. The summed E-state index contributed by atoms with van der Waals surface area (Å²) in [6.45, 7) is -0.374. The fraction of sp³-hybridized carbons (Fsp3) is 0.0625. The number of halogens is 2. The third-order valence-electron chi connectivity index (χ3n) is 3.26. The number of esters is 1. The molecule has 0 aliphatic rings. The second-order valence-corrected chi connectivity index (χ2v) is 5.51. The van der Waals surface area contributed by atoms with Crippen molar-refractivity contribution in [1.29, 1.82) is 0 Å². The maximum atomic E-state index is 12.2. The van der Waals surface area contributed by atoms with E-state index >= 15 is 0 Å². The minimum Gasteiger partial charge on any atom is -0.454 e. The molecule has 23 heavy (non-hydrogen) atoms. The number of carbonyl (C=O) groups is 2. The lowest BCUT2D eigenvalue weighted by molar-refractivity contribution is 0.0475. The van der Waals surface area contributed by atoms with Crippen molar-refractivity contribution in [3.05, 3.63) is 64.0 Å². The van der Waals surface area contributed by atoms with Crippen LogP contribution < -0.4 is 0 Å². The zero-order valence-corrected chi connectivity index (χ0v) is 13.2. The number of hydrogen-bond donors (Lipinski definition) is 1. The Morgan fingerprint density at radius 1 is 1.22 bits per heavy atom. The van der Waals surface area contributed by atoms with Gasteiger partial charge in [0.05, 0.1) is 10.6 Å². The summed E-state index contributed by atoms with van der Waals surface area (Å²) in [5, 5.41) is 1.02. The van der Waals surface area contributed by atoms with E-state index in [1.54, 1.807) is 6.20 Å². The van der Waals surface area contributed by atoms with Gasteiger partial charge in [0.25, 0.3) is 0 Å². The molecule has 0 bridgehead atoms.